The summed E-state index contributed by atoms with van der Waals surface area (Å²) in [5.41, 5.74) is 3.22. The third kappa shape index (κ3) is 1.92. The Morgan fingerprint density at radius 3 is 3.21 bits per heavy atom. The zero-order valence-corrected chi connectivity index (χ0v) is 7.83. The van der Waals surface area contributed by atoms with Crippen molar-refractivity contribution >= 4 is 11.0 Å². The lowest BCUT2D eigenvalue weighted by Crippen LogP contribution is -2.17. The van der Waals surface area contributed by atoms with E-state index in [1.54, 1.807) is 6.33 Å². The standard InChI is InChI=1S/C10H13N3O/c14-4-3-11-6-8-1-2-9-10(5-8)13-7-12-9/h1-2,5,7,11,14H,3-4,6H2,(H,12,13). The van der Waals surface area contributed by atoms with Gasteiger partial charge >= 0.3 is 0 Å². The summed E-state index contributed by atoms with van der Waals surface area (Å²) in [4.78, 5) is 7.20. The number of benzene rings is 1. The Morgan fingerprint density at radius 2 is 2.36 bits per heavy atom. The molecule has 0 saturated heterocycles. The molecule has 0 bridgehead atoms. The van der Waals surface area contributed by atoms with Gasteiger partial charge in [-0.15, -0.1) is 0 Å². The first-order valence-corrected chi connectivity index (χ1v) is 4.64. The molecule has 0 aliphatic heterocycles. The van der Waals surface area contributed by atoms with Crippen LogP contribution in [0.2, 0.25) is 0 Å². The summed E-state index contributed by atoms with van der Waals surface area (Å²) in [6, 6.07) is 6.09. The second-order valence-corrected chi connectivity index (χ2v) is 3.15. The number of aliphatic hydroxyl groups excluding tert-OH is 1. The largest absolute Gasteiger partial charge is 0.395 e. The van der Waals surface area contributed by atoms with Gasteiger partial charge in [0, 0.05) is 13.1 Å². The monoisotopic (exact) mass is 191 g/mol. The number of nitrogens with zero attached hydrogens (tertiary/aromatic N) is 1. The molecule has 0 atom stereocenters. The number of H-pyrrole nitrogens is 1. The third-order valence-corrected chi connectivity index (χ3v) is 2.10. The highest BCUT2D eigenvalue weighted by molar-refractivity contribution is 5.74. The molecule has 0 spiro atoms. The van der Waals surface area contributed by atoms with Crippen LogP contribution in [0.15, 0.2) is 24.5 Å². The van der Waals surface area contributed by atoms with Gasteiger partial charge in [0.05, 0.1) is 24.0 Å². The minimum Gasteiger partial charge on any atom is -0.395 e. The van der Waals surface area contributed by atoms with Crippen LogP contribution in [0.5, 0.6) is 0 Å². The Kier molecular flexibility index (Phi) is 2.76. The molecule has 0 aliphatic carbocycles. The number of rotatable bonds is 4. The van der Waals surface area contributed by atoms with Gasteiger partial charge in [0.2, 0.25) is 0 Å². The lowest BCUT2D eigenvalue weighted by atomic mass is 10.2. The zero-order valence-electron chi connectivity index (χ0n) is 7.83. The Labute approximate surface area is 82.0 Å². The number of nitrogens with one attached hydrogen (secondary N) is 2. The highest BCUT2D eigenvalue weighted by Gasteiger charge is 1.97. The SMILES string of the molecule is OCCNCc1ccc2nc[nH]c2c1. The fourth-order valence-corrected chi connectivity index (χ4v) is 1.40. The third-order valence-electron chi connectivity index (χ3n) is 2.10. The molecule has 1 aromatic heterocycles. The highest BCUT2D eigenvalue weighted by atomic mass is 16.3. The number of hydrogen-bond acceptors (Lipinski definition) is 3. The van der Waals surface area contributed by atoms with E-state index in [9.17, 15) is 0 Å². The molecule has 1 heterocycles. The van der Waals surface area contributed by atoms with Gasteiger partial charge in [-0.05, 0) is 17.7 Å². The molecule has 4 heteroatoms. The summed E-state index contributed by atoms with van der Waals surface area (Å²) in [7, 11) is 0. The Balaban J connectivity index is 2.10. The van der Waals surface area contributed by atoms with E-state index in [0.29, 0.717) is 6.54 Å². The van der Waals surface area contributed by atoms with Gasteiger partial charge < -0.3 is 15.4 Å². The fraction of sp³-hybridized carbons (Fsp3) is 0.300. The van der Waals surface area contributed by atoms with Crippen LogP contribution in [0.1, 0.15) is 5.56 Å². The van der Waals surface area contributed by atoms with Crippen molar-refractivity contribution in [3.05, 3.63) is 30.1 Å². The van der Waals surface area contributed by atoms with Gasteiger partial charge in [-0.25, -0.2) is 4.98 Å². The molecule has 14 heavy (non-hydrogen) atoms. The highest BCUT2D eigenvalue weighted by Crippen LogP contribution is 2.10. The molecular formula is C10H13N3O. The van der Waals surface area contributed by atoms with Crippen molar-refractivity contribution in [3.8, 4) is 0 Å². The predicted molar refractivity (Wildman–Crippen MR) is 54.9 cm³/mol. The molecule has 0 radical (unpaired) electrons. The number of aromatic amines is 1. The van der Waals surface area contributed by atoms with Gasteiger partial charge in [-0.2, -0.15) is 0 Å². The van der Waals surface area contributed by atoms with Crippen LogP contribution in [0.3, 0.4) is 0 Å². The summed E-state index contributed by atoms with van der Waals surface area (Å²) >= 11 is 0. The van der Waals surface area contributed by atoms with Crippen molar-refractivity contribution in [3.63, 3.8) is 0 Å². The fourth-order valence-electron chi connectivity index (χ4n) is 1.40. The van der Waals surface area contributed by atoms with Gasteiger partial charge in [-0.1, -0.05) is 6.07 Å². The summed E-state index contributed by atoms with van der Waals surface area (Å²) in [5, 5.41) is 11.7. The van der Waals surface area contributed by atoms with Crippen molar-refractivity contribution in [2.24, 2.45) is 0 Å². The van der Waals surface area contributed by atoms with Crippen LogP contribution in [-0.4, -0.2) is 28.2 Å². The molecule has 1 aromatic carbocycles. The van der Waals surface area contributed by atoms with E-state index >= 15 is 0 Å². The zero-order chi connectivity index (χ0) is 9.80. The quantitative estimate of drug-likeness (QED) is 0.622. The maximum Gasteiger partial charge on any atom is 0.0931 e. The summed E-state index contributed by atoms with van der Waals surface area (Å²) < 4.78 is 0. The normalized spacial score (nSPS) is 10.9. The number of aliphatic hydroxyl groups is 1. The van der Waals surface area contributed by atoms with Crippen LogP contribution < -0.4 is 5.32 Å². The lowest BCUT2D eigenvalue weighted by molar-refractivity contribution is 0.292. The van der Waals surface area contributed by atoms with E-state index in [4.69, 9.17) is 5.11 Å². The van der Waals surface area contributed by atoms with Gasteiger partial charge in [0.15, 0.2) is 0 Å². The van der Waals surface area contributed by atoms with E-state index in [0.717, 1.165) is 17.6 Å². The van der Waals surface area contributed by atoms with Crippen LogP contribution >= 0.6 is 0 Å². The lowest BCUT2D eigenvalue weighted by Gasteiger charge is -2.02. The number of imidazole rings is 1. The van der Waals surface area contributed by atoms with E-state index in [1.807, 2.05) is 12.1 Å². The molecule has 0 aliphatic rings. The molecule has 0 amide bonds. The van der Waals surface area contributed by atoms with Crippen molar-refractivity contribution in [2.45, 2.75) is 6.54 Å². The minimum absolute atomic E-state index is 0.173. The number of fused-ring (bicyclic) bond motifs is 1. The molecular weight excluding hydrogens is 178 g/mol. The first-order chi connectivity index (χ1) is 6.90. The summed E-state index contributed by atoms with van der Waals surface area (Å²) in [6.07, 6.45) is 1.69. The van der Waals surface area contributed by atoms with Crippen molar-refractivity contribution in [1.82, 2.24) is 15.3 Å². The molecule has 3 N–H and O–H groups in total. The van der Waals surface area contributed by atoms with E-state index in [-0.39, 0.29) is 6.61 Å². The maximum absolute atomic E-state index is 8.60. The van der Waals surface area contributed by atoms with Crippen molar-refractivity contribution in [2.75, 3.05) is 13.2 Å². The second kappa shape index (κ2) is 4.21. The maximum atomic E-state index is 8.60. The van der Waals surface area contributed by atoms with Crippen LogP contribution in [0, 0.1) is 0 Å². The van der Waals surface area contributed by atoms with E-state index in [2.05, 4.69) is 21.4 Å². The molecule has 74 valence electrons. The number of aromatic nitrogens is 2. The minimum atomic E-state index is 0.173. The molecule has 2 rings (SSSR count). The molecule has 0 unspecified atom stereocenters. The first-order valence-electron chi connectivity index (χ1n) is 4.64. The van der Waals surface area contributed by atoms with E-state index in [1.165, 1.54) is 5.56 Å². The average Bonchev–Trinajstić information content (AvgIpc) is 2.65. The molecule has 2 aromatic rings. The Bertz CT molecular complexity index is 410. The predicted octanol–water partition coefficient (Wildman–Crippen LogP) is 0.645. The average molecular weight is 191 g/mol. The summed E-state index contributed by atoms with van der Waals surface area (Å²) in [5.74, 6) is 0. The topological polar surface area (TPSA) is 60.9 Å². The van der Waals surface area contributed by atoms with Crippen LogP contribution in [-0.2, 0) is 6.54 Å². The van der Waals surface area contributed by atoms with Gasteiger partial charge in [-0.3, -0.25) is 0 Å². The molecule has 4 nitrogen and oxygen atoms in total. The van der Waals surface area contributed by atoms with Crippen LogP contribution in [0.4, 0.5) is 0 Å². The smallest absolute Gasteiger partial charge is 0.0931 e. The second-order valence-electron chi connectivity index (χ2n) is 3.15. The van der Waals surface area contributed by atoms with E-state index < -0.39 is 0 Å². The van der Waals surface area contributed by atoms with Crippen molar-refractivity contribution in [1.29, 1.82) is 0 Å². The van der Waals surface area contributed by atoms with Crippen molar-refractivity contribution < 1.29 is 5.11 Å². The number of hydrogen-bond donors (Lipinski definition) is 3. The Hall–Kier alpha value is -1.39. The summed E-state index contributed by atoms with van der Waals surface area (Å²) in [6.45, 7) is 1.57. The first kappa shape index (κ1) is 9.18. The molecule has 0 saturated carbocycles. The molecule has 0 fully saturated rings. The van der Waals surface area contributed by atoms with Crippen LogP contribution in [0.25, 0.3) is 11.0 Å². The van der Waals surface area contributed by atoms with Gasteiger partial charge in [0.1, 0.15) is 0 Å². The van der Waals surface area contributed by atoms with Gasteiger partial charge in [0.25, 0.3) is 0 Å². The Morgan fingerprint density at radius 1 is 1.43 bits per heavy atom.